The Kier molecular flexibility index (Phi) is 7.71. The maximum absolute atomic E-state index is 12.5. The first kappa shape index (κ1) is 23.1. The second kappa shape index (κ2) is 10.7. The number of benzene rings is 2. The number of amides is 2. The maximum atomic E-state index is 12.5. The zero-order valence-electron chi connectivity index (χ0n) is 17.9. The topological polar surface area (TPSA) is 58.6 Å². The third-order valence-electron chi connectivity index (χ3n) is 6.53. The van der Waals surface area contributed by atoms with Gasteiger partial charge < -0.3 is 9.64 Å². The predicted octanol–water partition coefficient (Wildman–Crippen LogP) is 5.35. The molecule has 1 N–H and O–H groups in total. The minimum absolute atomic E-state index is 0.0885. The van der Waals surface area contributed by atoms with Crippen molar-refractivity contribution in [3.63, 3.8) is 0 Å². The van der Waals surface area contributed by atoms with Gasteiger partial charge in [-0.2, -0.15) is 0 Å². The molecule has 2 aliphatic rings. The van der Waals surface area contributed by atoms with Crippen molar-refractivity contribution in [3.8, 4) is 5.75 Å². The van der Waals surface area contributed by atoms with E-state index in [-0.39, 0.29) is 23.8 Å². The van der Waals surface area contributed by atoms with Crippen LogP contribution in [0.3, 0.4) is 0 Å². The van der Waals surface area contributed by atoms with Gasteiger partial charge in [0.2, 0.25) is 5.91 Å². The van der Waals surface area contributed by atoms with Gasteiger partial charge in [-0.25, -0.2) is 0 Å². The van der Waals surface area contributed by atoms with E-state index < -0.39 is 0 Å². The van der Waals surface area contributed by atoms with E-state index in [1.165, 1.54) is 0 Å². The number of rotatable bonds is 5. The van der Waals surface area contributed by atoms with Gasteiger partial charge in [0.05, 0.1) is 10.0 Å². The summed E-state index contributed by atoms with van der Waals surface area (Å²) in [5, 5.41) is 3.61. The Morgan fingerprint density at radius 2 is 1.56 bits per heavy atom. The van der Waals surface area contributed by atoms with Gasteiger partial charge in [-0.15, -0.1) is 0 Å². The minimum atomic E-state index is -0.318. The summed E-state index contributed by atoms with van der Waals surface area (Å²) in [5.74, 6) is 0.205. The van der Waals surface area contributed by atoms with Crippen LogP contribution in [-0.2, 0) is 4.79 Å². The molecule has 5 nitrogen and oxygen atoms in total. The lowest BCUT2D eigenvalue weighted by atomic mass is 9.84. The number of halogens is 2. The molecule has 2 aromatic carbocycles. The zero-order chi connectivity index (χ0) is 22.5. The number of hydrogen-bond acceptors (Lipinski definition) is 4. The third-order valence-corrected chi connectivity index (χ3v) is 7.27. The Morgan fingerprint density at radius 3 is 2.22 bits per heavy atom. The lowest BCUT2D eigenvalue weighted by Gasteiger charge is -2.40. The van der Waals surface area contributed by atoms with Crippen molar-refractivity contribution in [3.05, 3.63) is 64.1 Å². The van der Waals surface area contributed by atoms with Crippen LogP contribution in [0.25, 0.3) is 0 Å². The monoisotopic (exact) mass is 474 g/mol. The third kappa shape index (κ3) is 5.83. The number of hydrogen-bond donors (Lipinski definition) is 1. The molecule has 2 amide bonds. The number of imide groups is 1. The largest absolute Gasteiger partial charge is 0.490 e. The molecule has 0 spiro atoms. The predicted molar refractivity (Wildman–Crippen MR) is 126 cm³/mol. The second-order valence-electron chi connectivity index (χ2n) is 8.62. The van der Waals surface area contributed by atoms with Crippen LogP contribution in [-0.4, -0.2) is 41.9 Å². The number of nitrogens with one attached hydrogen (secondary N) is 1. The van der Waals surface area contributed by atoms with Crippen molar-refractivity contribution in [1.82, 2.24) is 10.2 Å². The normalized spacial score (nSPS) is 22.3. The molecule has 1 saturated carbocycles. The lowest BCUT2D eigenvalue weighted by molar-refractivity contribution is -0.125. The molecular formula is C25H28Cl2N2O3. The van der Waals surface area contributed by atoms with Crippen LogP contribution >= 0.6 is 23.2 Å². The number of ether oxygens (including phenoxy) is 1. The van der Waals surface area contributed by atoms with Gasteiger partial charge in [-0.3, -0.25) is 14.9 Å². The summed E-state index contributed by atoms with van der Waals surface area (Å²) in [6.07, 6.45) is 5.70. The average molecular weight is 475 g/mol. The molecule has 2 fully saturated rings. The molecule has 1 aliphatic heterocycles. The van der Waals surface area contributed by atoms with E-state index in [9.17, 15) is 9.59 Å². The number of piperidine rings is 1. The van der Waals surface area contributed by atoms with Gasteiger partial charge in [0, 0.05) is 36.7 Å². The van der Waals surface area contributed by atoms with Crippen LogP contribution in [0, 0.1) is 5.92 Å². The minimum Gasteiger partial charge on any atom is -0.490 e. The van der Waals surface area contributed by atoms with Crippen LogP contribution in [0.15, 0.2) is 48.5 Å². The number of likely N-dealkylation sites (tertiary alicyclic amines) is 1. The first-order chi connectivity index (χ1) is 15.5. The lowest BCUT2D eigenvalue weighted by Crippen LogP contribution is -2.46. The van der Waals surface area contributed by atoms with Gasteiger partial charge in [-0.1, -0.05) is 41.4 Å². The Labute approximate surface area is 199 Å². The van der Waals surface area contributed by atoms with E-state index in [1.54, 1.807) is 36.4 Å². The van der Waals surface area contributed by atoms with E-state index in [0.29, 0.717) is 21.7 Å². The van der Waals surface area contributed by atoms with Crippen LogP contribution in [0.5, 0.6) is 5.75 Å². The Bertz CT molecular complexity index is 937. The fourth-order valence-corrected chi connectivity index (χ4v) is 4.97. The molecule has 1 saturated heterocycles. The summed E-state index contributed by atoms with van der Waals surface area (Å²) in [6.45, 7) is 1.97. The molecule has 1 heterocycles. The molecule has 7 heteroatoms. The maximum Gasteiger partial charge on any atom is 0.257 e. The molecule has 0 atom stereocenters. The first-order valence-electron chi connectivity index (χ1n) is 11.3. The van der Waals surface area contributed by atoms with Crippen molar-refractivity contribution >= 4 is 35.0 Å². The first-order valence-corrected chi connectivity index (χ1v) is 12.0. The van der Waals surface area contributed by atoms with Crippen molar-refractivity contribution in [1.29, 1.82) is 0 Å². The van der Waals surface area contributed by atoms with Crippen molar-refractivity contribution in [2.45, 2.75) is 50.7 Å². The average Bonchev–Trinajstić information content (AvgIpc) is 2.82. The van der Waals surface area contributed by atoms with Gasteiger partial charge in [0.1, 0.15) is 11.9 Å². The summed E-state index contributed by atoms with van der Waals surface area (Å²) < 4.78 is 6.09. The van der Waals surface area contributed by atoms with Crippen molar-refractivity contribution < 1.29 is 14.3 Å². The summed E-state index contributed by atoms with van der Waals surface area (Å²) in [4.78, 5) is 27.3. The van der Waals surface area contributed by atoms with E-state index in [1.807, 2.05) is 12.1 Å². The molecule has 0 unspecified atom stereocenters. The quantitative estimate of drug-likeness (QED) is 0.593. The number of nitrogens with zero attached hydrogens (tertiary/aromatic N) is 1. The standard InChI is InChI=1S/C25H28Cl2N2O3/c26-22-11-10-21(16-23(22)27)32-20-12-14-29(15-13-20)19-8-6-18(7-9-19)25(31)28-24(30)17-4-2-1-3-5-17/h1-5,10-11,16,18-20H,6-9,12-15H2,(H,28,30,31)/t18-,19-. The highest BCUT2D eigenvalue weighted by atomic mass is 35.5. The number of carbonyl (C=O) groups excluding carboxylic acids is 2. The second-order valence-corrected chi connectivity index (χ2v) is 9.43. The van der Waals surface area contributed by atoms with Gasteiger partial charge in [0.25, 0.3) is 5.91 Å². The van der Waals surface area contributed by atoms with E-state index in [4.69, 9.17) is 27.9 Å². The van der Waals surface area contributed by atoms with E-state index in [0.717, 1.165) is 57.4 Å². The molecule has 0 bridgehead atoms. The fraction of sp³-hybridized carbons (Fsp3) is 0.440. The molecular weight excluding hydrogens is 447 g/mol. The Balaban J connectivity index is 1.20. The molecule has 0 radical (unpaired) electrons. The summed E-state index contributed by atoms with van der Waals surface area (Å²) in [7, 11) is 0. The molecule has 1 aliphatic carbocycles. The van der Waals surface area contributed by atoms with E-state index in [2.05, 4.69) is 10.2 Å². The fourth-order valence-electron chi connectivity index (χ4n) is 4.68. The highest BCUT2D eigenvalue weighted by Crippen LogP contribution is 2.31. The molecule has 2 aromatic rings. The smallest absolute Gasteiger partial charge is 0.257 e. The zero-order valence-corrected chi connectivity index (χ0v) is 19.4. The van der Waals surface area contributed by atoms with Gasteiger partial charge in [0.15, 0.2) is 0 Å². The number of carbonyl (C=O) groups is 2. The van der Waals surface area contributed by atoms with Crippen LogP contribution < -0.4 is 10.1 Å². The summed E-state index contributed by atoms with van der Waals surface area (Å²) in [5.41, 5.74) is 0.514. The van der Waals surface area contributed by atoms with Gasteiger partial charge >= 0.3 is 0 Å². The molecule has 0 aromatic heterocycles. The van der Waals surface area contributed by atoms with Crippen LogP contribution in [0.1, 0.15) is 48.9 Å². The highest BCUT2D eigenvalue weighted by Gasteiger charge is 2.32. The van der Waals surface area contributed by atoms with Crippen LogP contribution in [0.4, 0.5) is 0 Å². The summed E-state index contributed by atoms with van der Waals surface area (Å²) >= 11 is 12.1. The van der Waals surface area contributed by atoms with Gasteiger partial charge in [-0.05, 0) is 62.8 Å². The van der Waals surface area contributed by atoms with Crippen molar-refractivity contribution in [2.75, 3.05) is 13.1 Å². The van der Waals surface area contributed by atoms with Crippen LogP contribution in [0.2, 0.25) is 10.0 Å². The molecule has 32 heavy (non-hydrogen) atoms. The Hall–Kier alpha value is -2.08. The van der Waals surface area contributed by atoms with E-state index >= 15 is 0 Å². The SMILES string of the molecule is O=C(NC(=O)[C@H]1CC[C@H](N2CCC(Oc3ccc(Cl)c(Cl)c3)CC2)CC1)c1ccccc1. The Morgan fingerprint density at radius 1 is 0.875 bits per heavy atom. The molecule has 170 valence electrons. The highest BCUT2D eigenvalue weighted by molar-refractivity contribution is 6.42. The van der Waals surface area contributed by atoms with Crippen molar-refractivity contribution in [2.24, 2.45) is 5.92 Å². The molecule has 4 rings (SSSR count). The summed E-state index contributed by atoms with van der Waals surface area (Å²) in [6, 6.07) is 14.8.